The molecule has 9 nitrogen and oxygen atoms in total. The molecule has 7 atom stereocenters. The van der Waals surface area contributed by atoms with Crippen LogP contribution in [0.25, 0.3) is 0 Å². The summed E-state index contributed by atoms with van der Waals surface area (Å²) in [5, 5.41) is 11.0. The van der Waals surface area contributed by atoms with E-state index >= 15 is 0 Å². The molecule has 2 aromatic rings. The minimum absolute atomic E-state index is 0.0416. The molecule has 45 heavy (non-hydrogen) atoms. The zero-order chi connectivity index (χ0) is 32.6. The highest BCUT2D eigenvalue weighted by molar-refractivity contribution is 6.74. The summed E-state index contributed by atoms with van der Waals surface area (Å²) >= 11 is 0. The quantitative estimate of drug-likeness (QED) is 0.155. The van der Waals surface area contributed by atoms with Crippen LogP contribution in [0.1, 0.15) is 58.1 Å². The number of esters is 1. The first kappa shape index (κ1) is 35.5. The van der Waals surface area contributed by atoms with Gasteiger partial charge in [0, 0.05) is 13.0 Å². The number of methoxy groups -OCH3 is 1. The summed E-state index contributed by atoms with van der Waals surface area (Å²) < 4.78 is 43.6. The Morgan fingerprint density at radius 1 is 0.956 bits per heavy atom. The van der Waals surface area contributed by atoms with E-state index in [-0.39, 0.29) is 24.2 Å². The van der Waals surface area contributed by atoms with Gasteiger partial charge in [-0.3, -0.25) is 4.79 Å². The molecule has 0 aliphatic carbocycles. The Kier molecular flexibility index (Phi) is 12.6. The Labute approximate surface area is 269 Å². The standard InChI is InChI=1S/C35H52O9Si/c1-8-40-31(37)21-29-27(36)20-30-32(43-29)34(41-23-24-12-10-9-11-13-24)33(44-45(6,7)35(2,3)4)28(42-30)18-19-39-22-25-14-16-26(38-5)17-15-25/h9-17,27-30,32-34,36H,8,18-23H2,1-7H3/t27-,28-,29+,30+,32+,33-,34+/m0/s1. The number of aliphatic hydroxyl groups excluding tert-OH is 1. The lowest BCUT2D eigenvalue weighted by Gasteiger charge is -2.53. The van der Waals surface area contributed by atoms with Crippen LogP contribution in [0.3, 0.4) is 0 Å². The molecule has 2 saturated heterocycles. The average Bonchev–Trinajstić information content (AvgIpc) is 3.00. The van der Waals surface area contributed by atoms with Gasteiger partial charge in [0.2, 0.25) is 0 Å². The maximum absolute atomic E-state index is 12.4. The first-order valence-corrected chi connectivity index (χ1v) is 19.0. The smallest absolute Gasteiger partial charge is 0.308 e. The first-order valence-electron chi connectivity index (χ1n) is 16.1. The maximum atomic E-state index is 12.4. The molecule has 0 spiro atoms. The Hall–Kier alpha value is -2.31. The van der Waals surface area contributed by atoms with Gasteiger partial charge < -0.3 is 38.0 Å². The van der Waals surface area contributed by atoms with Gasteiger partial charge in [0.05, 0.1) is 57.8 Å². The lowest BCUT2D eigenvalue weighted by atomic mass is 9.86. The van der Waals surface area contributed by atoms with Gasteiger partial charge in [-0.05, 0) is 54.7 Å². The van der Waals surface area contributed by atoms with Crippen molar-refractivity contribution in [3.63, 3.8) is 0 Å². The maximum Gasteiger partial charge on any atom is 0.308 e. The molecule has 0 unspecified atom stereocenters. The summed E-state index contributed by atoms with van der Waals surface area (Å²) in [6.07, 6.45) is -3.03. The lowest BCUT2D eigenvalue weighted by Crippen LogP contribution is -2.66. The summed E-state index contributed by atoms with van der Waals surface area (Å²) in [6, 6.07) is 17.8. The summed E-state index contributed by atoms with van der Waals surface area (Å²) in [7, 11) is -0.660. The van der Waals surface area contributed by atoms with Crippen LogP contribution in [0.15, 0.2) is 54.6 Å². The van der Waals surface area contributed by atoms with Crippen molar-refractivity contribution in [3.8, 4) is 5.75 Å². The van der Waals surface area contributed by atoms with E-state index in [0.29, 0.717) is 32.7 Å². The predicted molar refractivity (Wildman–Crippen MR) is 174 cm³/mol. The van der Waals surface area contributed by atoms with Gasteiger partial charge in [0.15, 0.2) is 8.32 Å². The topological polar surface area (TPSA) is 102 Å². The van der Waals surface area contributed by atoms with Crippen molar-refractivity contribution >= 4 is 14.3 Å². The number of ether oxygens (including phenoxy) is 6. The SMILES string of the molecule is CCOC(=O)C[C@H]1O[C@H]2[C@@H](OCc3ccccc3)[C@@H](O[Si](C)(C)C(C)(C)C)[C@H](CCOCc3ccc(OC)cc3)O[C@@H]2C[C@@H]1O. The van der Waals surface area contributed by atoms with Gasteiger partial charge in [0.25, 0.3) is 0 Å². The highest BCUT2D eigenvalue weighted by Crippen LogP contribution is 2.43. The highest BCUT2D eigenvalue weighted by Gasteiger charge is 2.54. The molecule has 0 bridgehead atoms. The number of hydrogen-bond donors (Lipinski definition) is 1. The predicted octanol–water partition coefficient (Wildman–Crippen LogP) is 5.82. The number of rotatable bonds is 14. The normalized spacial score (nSPS) is 27.1. The second-order valence-electron chi connectivity index (χ2n) is 13.5. The Morgan fingerprint density at radius 2 is 1.64 bits per heavy atom. The molecule has 2 aliphatic heterocycles. The van der Waals surface area contributed by atoms with Crippen LogP contribution in [0, 0.1) is 0 Å². The van der Waals surface area contributed by atoms with Crippen LogP contribution >= 0.6 is 0 Å². The van der Waals surface area contributed by atoms with Gasteiger partial charge in [-0.1, -0.05) is 63.2 Å². The molecular weight excluding hydrogens is 592 g/mol. The molecule has 2 fully saturated rings. The van der Waals surface area contributed by atoms with E-state index in [4.69, 9.17) is 32.8 Å². The third-order valence-corrected chi connectivity index (χ3v) is 13.6. The molecule has 0 amide bonds. The van der Waals surface area contributed by atoms with Crippen LogP contribution < -0.4 is 4.74 Å². The van der Waals surface area contributed by atoms with E-state index in [1.165, 1.54) is 0 Å². The fraction of sp³-hybridized carbons (Fsp3) is 0.629. The van der Waals surface area contributed by atoms with Crippen molar-refractivity contribution in [1.82, 2.24) is 0 Å². The summed E-state index contributed by atoms with van der Waals surface area (Å²) in [6.45, 7) is 14.4. The van der Waals surface area contributed by atoms with Crippen molar-refractivity contribution in [2.75, 3.05) is 20.3 Å². The monoisotopic (exact) mass is 644 g/mol. The van der Waals surface area contributed by atoms with Crippen molar-refractivity contribution in [2.45, 2.75) is 121 Å². The lowest BCUT2D eigenvalue weighted by molar-refractivity contribution is -0.290. The molecular formula is C35H52O9Si. The van der Waals surface area contributed by atoms with Crippen LogP contribution in [-0.2, 0) is 46.1 Å². The molecule has 2 aromatic carbocycles. The molecule has 2 heterocycles. The van der Waals surface area contributed by atoms with Crippen LogP contribution in [-0.4, -0.2) is 82.4 Å². The summed E-state index contributed by atoms with van der Waals surface area (Å²) in [4.78, 5) is 12.4. The largest absolute Gasteiger partial charge is 0.497 e. The summed E-state index contributed by atoms with van der Waals surface area (Å²) in [5.74, 6) is 0.400. The molecule has 0 saturated carbocycles. The zero-order valence-electron chi connectivity index (χ0n) is 27.9. The minimum Gasteiger partial charge on any atom is -0.497 e. The van der Waals surface area contributed by atoms with Crippen LogP contribution in [0.2, 0.25) is 18.1 Å². The van der Waals surface area contributed by atoms with E-state index in [2.05, 4.69) is 33.9 Å². The molecule has 2 aliphatic rings. The van der Waals surface area contributed by atoms with Gasteiger partial charge in [0.1, 0.15) is 24.1 Å². The van der Waals surface area contributed by atoms with Gasteiger partial charge in [-0.2, -0.15) is 0 Å². The van der Waals surface area contributed by atoms with Crippen LogP contribution in [0.4, 0.5) is 0 Å². The van der Waals surface area contributed by atoms with Gasteiger partial charge in [-0.15, -0.1) is 0 Å². The zero-order valence-corrected chi connectivity index (χ0v) is 28.9. The fourth-order valence-corrected chi connectivity index (χ4v) is 6.87. The van der Waals surface area contributed by atoms with E-state index in [9.17, 15) is 9.90 Å². The minimum atomic E-state index is -2.31. The van der Waals surface area contributed by atoms with Crippen molar-refractivity contribution in [1.29, 1.82) is 0 Å². The number of hydrogen-bond acceptors (Lipinski definition) is 9. The van der Waals surface area contributed by atoms with E-state index in [1.54, 1.807) is 14.0 Å². The van der Waals surface area contributed by atoms with Crippen molar-refractivity contribution in [3.05, 3.63) is 65.7 Å². The second-order valence-corrected chi connectivity index (χ2v) is 18.2. The summed E-state index contributed by atoms with van der Waals surface area (Å²) in [5.41, 5.74) is 2.08. The average molecular weight is 645 g/mol. The third kappa shape index (κ3) is 9.60. The fourth-order valence-electron chi connectivity index (χ4n) is 5.55. The molecule has 1 N–H and O–H groups in total. The molecule has 250 valence electrons. The van der Waals surface area contributed by atoms with Crippen LogP contribution in [0.5, 0.6) is 5.75 Å². The Bertz CT molecular complexity index is 1180. The molecule has 0 aromatic heterocycles. The molecule has 10 heteroatoms. The van der Waals surface area contributed by atoms with E-state index in [1.807, 2.05) is 54.6 Å². The van der Waals surface area contributed by atoms with E-state index in [0.717, 1.165) is 16.9 Å². The number of fused-ring (bicyclic) bond motifs is 1. The molecule has 0 radical (unpaired) electrons. The first-order chi connectivity index (χ1) is 21.4. The second kappa shape index (κ2) is 16.0. The third-order valence-electron chi connectivity index (χ3n) is 9.13. The number of aliphatic hydroxyl groups is 1. The Morgan fingerprint density at radius 3 is 2.29 bits per heavy atom. The van der Waals surface area contributed by atoms with Crippen molar-refractivity contribution < 1.29 is 42.7 Å². The number of carbonyl (C=O) groups is 1. The number of carbonyl (C=O) groups excluding carboxylic acids is 1. The van der Waals surface area contributed by atoms with Gasteiger partial charge >= 0.3 is 5.97 Å². The van der Waals surface area contributed by atoms with E-state index < -0.39 is 50.9 Å². The van der Waals surface area contributed by atoms with Crippen molar-refractivity contribution in [2.24, 2.45) is 0 Å². The van der Waals surface area contributed by atoms with Gasteiger partial charge in [-0.25, -0.2) is 0 Å². The number of benzene rings is 2. The Balaban J connectivity index is 1.57. The molecule has 4 rings (SSSR count). The highest BCUT2D eigenvalue weighted by atomic mass is 28.4.